The first-order valence-corrected chi connectivity index (χ1v) is 12.3. The molecule has 0 aliphatic carbocycles. The van der Waals surface area contributed by atoms with E-state index in [1.807, 2.05) is 60.7 Å². The van der Waals surface area contributed by atoms with Crippen molar-refractivity contribution in [3.8, 4) is 5.69 Å². The summed E-state index contributed by atoms with van der Waals surface area (Å²) >= 11 is 0. The monoisotopic (exact) mass is 513 g/mol. The molecule has 0 unspecified atom stereocenters. The number of aromatic carboxylic acids is 2. The molecule has 0 bridgehead atoms. The lowest BCUT2D eigenvalue weighted by molar-refractivity contribution is -0.595. The van der Waals surface area contributed by atoms with Crippen LogP contribution in [0.5, 0.6) is 0 Å². The standard InChI is InChI=1S/C33H24N2O4/c36-32(37)26-21-27(33(38)39)23-31(22-26)34-19-17-25(18-20-34)12-11-24-13-15-30(16-14-24)35(28-7-3-1-4-8-28)29-9-5-2-6-10-29/h1-23H,(H-,36,37,38,39)/p+1. The van der Waals surface area contributed by atoms with Crippen LogP contribution in [0, 0.1) is 0 Å². The summed E-state index contributed by atoms with van der Waals surface area (Å²) in [7, 11) is 0. The van der Waals surface area contributed by atoms with Crippen LogP contribution in [0.1, 0.15) is 31.8 Å². The van der Waals surface area contributed by atoms with E-state index in [1.54, 1.807) is 17.0 Å². The Morgan fingerprint density at radius 1 is 0.564 bits per heavy atom. The number of carboxylic acid groups (broad SMARTS) is 2. The predicted molar refractivity (Wildman–Crippen MR) is 152 cm³/mol. The van der Waals surface area contributed by atoms with E-state index in [1.165, 1.54) is 12.1 Å². The van der Waals surface area contributed by atoms with E-state index in [0.717, 1.165) is 34.3 Å². The van der Waals surface area contributed by atoms with Crippen LogP contribution in [0.2, 0.25) is 0 Å². The van der Waals surface area contributed by atoms with Gasteiger partial charge in [0.05, 0.1) is 11.1 Å². The summed E-state index contributed by atoms with van der Waals surface area (Å²) < 4.78 is 1.69. The summed E-state index contributed by atoms with van der Waals surface area (Å²) in [6, 6.07) is 36.6. The SMILES string of the molecule is O=C(O)c1cc(C(=O)O)cc(-[n+]2ccc(C=Cc3ccc(N(c4ccccc4)c4ccccc4)cc3)cc2)c1. The first kappa shape index (κ1) is 25.2. The maximum absolute atomic E-state index is 11.4. The molecular formula is C33H25N2O4+. The number of carboxylic acids is 2. The Labute approximate surface area is 226 Å². The fourth-order valence-corrected chi connectivity index (χ4v) is 4.26. The van der Waals surface area contributed by atoms with Crippen molar-refractivity contribution in [2.45, 2.75) is 0 Å². The number of benzene rings is 4. The van der Waals surface area contributed by atoms with Crippen molar-refractivity contribution in [2.24, 2.45) is 0 Å². The highest BCUT2D eigenvalue weighted by molar-refractivity contribution is 5.94. The number of hydrogen-bond donors (Lipinski definition) is 2. The molecule has 4 aromatic carbocycles. The molecule has 0 radical (unpaired) electrons. The number of pyridine rings is 1. The predicted octanol–water partition coefficient (Wildman–Crippen LogP) is 7.00. The molecule has 2 N–H and O–H groups in total. The van der Waals surface area contributed by atoms with Crippen molar-refractivity contribution in [3.05, 3.63) is 150 Å². The van der Waals surface area contributed by atoms with E-state index in [0.29, 0.717) is 5.69 Å². The zero-order chi connectivity index (χ0) is 27.2. The minimum absolute atomic E-state index is 0.0806. The summed E-state index contributed by atoms with van der Waals surface area (Å²) in [5, 5.41) is 18.7. The molecule has 0 aliphatic heterocycles. The lowest BCUT2D eigenvalue weighted by Crippen LogP contribution is -2.30. The smallest absolute Gasteiger partial charge is 0.335 e. The molecule has 1 heterocycles. The first-order valence-electron chi connectivity index (χ1n) is 12.3. The maximum Gasteiger partial charge on any atom is 0.335 e. The summed E-state index contributed by atoms with van der Waals surface area (Å²) in [6.45, 7) is 0. The van der Waals surface area contributed by atoms with Crippen molar-refractivity contribution in [3.63, 3.8) is 0 Å². The van der Waals surface area contributed by atoms with E-state index >= 15 is 0 Å². The number of nitrogens with zero attached hydrogens (tertiary/aromatic N) is 2. The summed E-state index contributed by atoms with van der Waals surface area (Å²) in [5.41, 5.74) is 5.48. The van der Waals surface area contributed by atoms with Gasteiger partial charge in [0, 0.05) is 41.3 Å². The molecule has 0 fully saturated rings. The van der Waals surface area contributed by atoms with Gasteiger partial charge in [0.2, 0.25) is 5.69 Å². The van der Waals surface area contributed by atoms with Gasteiger partial charge in [0.15, 0.2) is 12.4 Å². The molecule has 0 saturated carbocycles. The lowest BCUT2D eigenvalue weighted by Gasteiger charge is -2.25. The second kappa shape index (κ2) is 11.3. The van der Waals surface area contributed by atoms with Crippen LogP contribution in [0.3, 0.4) is 0 Å². The Hall–Kier alpha value is -5.49. The van der Waals surface area contributed by atoms with Crippen LogP contribution in [-0.2, 0) is 0 Å². The van der Waals surface area contributed by atoms with Crippen molar-refractivity contribution < 1.29 is 24.4 Å². The molecule has 5 rings (SSSR count). The van der Waals surface area contributed by atoms with Crippen LogP contribution in [-0.4, -0.2) is 22.2 Å². The van der Waals surface area contributed by atoms with Crippen LogP contribution >= 0.6 is 0 Å². The molecule has 0 spiro atoms. The van der Waals surface area contributed by atoms with Gasteiger partial charge in [-0.2, -0.15) is 4.57 Å². The minimum atomic E-state index is -1.18. The van der Waals surface area contributed by atoms with E-state index in [2.05, 4.69) is 53.4 Å². The maximum atomic E-state index is 11.4. The zero-order valence-electron chi connectivity index (χ0n) is 20.9. The molecular weight excluding hydrogens is 488 g/mol. The second-order valence-electron chi connectivity index (χ2n) is 8.85. The van der Waals surface area contributed by atoms with Gasteiger partial charge in [-0.3, -0.25) is 0 Å². The largest absolute Gasteiger partial charge is 0.478 e. The second-order valence-corrected chi connectivity index (χ2v) is 8.85. The average molecular weight is 514 g/mol. The average Bonchev–Trinajstić information content (AvgIpc) is 2.98. The third kappa shape index (κ3) is 5.92. The Morgan fingerprint density at radius 3 is 1.46 bits per heavy atom. The van der Waals surface area contributed by atoms with Crippen LogP contribution in [0.4, 0.5) is 17.1 Å². The highest BCUT2D eigenvalue weighted by Crippen LogP contribution is 2.34. The molecule has 6 heteroatoms. The molecule has 0 saturated heterocycles. The molecule has 0 atom stereocenters. The fraction of sp³-hybridized carbons (Fsp3) is 0. The van der Waals surface area contributed by atoms with Gasteiger partial charge < -0.3 is 15.1 Å². The van der Waals surface area contributed by atoms with Crippen molar-refractivity contribution >= 4 is 41.2 Å². The topological polar surface area (TPSA) is 81.7 Å². The van der Waals surface area contributed by atoms with Gasteiger partial charge in [-0.25, -0.2) is 9.59 Å². The van der Waals surface area contributed by atoms with Crippen molar-refractivity contribution in [2.75, 3.05) is 4.90 Å². The third-order valence-electron chi connectivity index (χ3n) is 6.21. The number of hydrogen-bond acceptors (Lipinski definition) is 3. The summed E-state index contributed by atoms with van der Waals surface area (Å²) in [5.74, 6) is -2.36. The summed E-state index contributed by atoms with van der Waals surface area (Å²) in [4.78, 5) is 25.1. The Morgan fingerprint density at radius 2 is 1.00 bits per heavy atom. The molecule has 6 nitrogen and oxygen atoms in total. The molecule has 0 amide bonds. The Balaban J connectivity index is 1.36. The Bertz CT molecular complexity index is 1560. The van der Waals surface area contributed by atoms with E-state index in [-0.39, 0.29) is 11.1 Å². The van der Waals surface area contributed by atoms with Crippen molar-refractivity contribution in [1.29, 1.82) is 0 Å². The van der Waals surface area contributed by atoms with Gasteiger partial charge in [-0.05, 0) is 53.6 Å². The lowest BCUT2D eigenvalue weighted by atomic mass is 10.1. The van der Waals surface area contributed by atoms with Gasteiger partial charge in [0.25, 0.3) is 0 Å². The van der Waals surface area contributed by atoms with E-state index in [4.69, 9.17) is 0 Å². The molecule has 0 aliphatic rings. The van der Waals surface area contributed by atoms with Gasteiger partial charge in [-0.1, -0.05) is 60.7 Å². The van der Waals surface area contributed by atoms with Gasteiger partial charge in [-0.15, -0.1) is 0 Å². The fourth-order valence-electron chi connectivity index (χ4n) is 4.26. The number of rotatable bonds is 8. The normalized spacial score (nSPS) is 10.9. The van der Waals surface area contributed by atoms with Gasteiger partial charge in [0.1, 0.15) is 0 Å². The summed E-state index contributed by atoms with van der Waals surface area (Å²) in [6.07, 6.45) is 7.55. The van der Waals surface area contributed by atoms with Gasteiger partial charge >= 0.3 is 11.9 Å². The molecule has 1 aromatic heterocycles. The third-order valence-corrected chi connectivity index (χ3v) is 6.21. The quantitative estimate of drug-likeness (QED) is 0.218. The number of anilines is 3. The Kier molecular flexibility index (Phi) is 7.28. The zero-order valence-corrected chi connectivity index (χ0v) is 20.9. The van der Waals surface area contributed by atoms with Crippen LogP contribution < -0.4 is 9.47 Å². The number of carbonyl (C=O) groups is 2. The first-order chi connectivity index (χ1) is 19.0. The molecule has 190 valence electrons. The highest BCUT2D eigenvalue weighted by Gasteiger charge is 2.16. The number of para-hydroxylation sites is 2. The van der Waals surface area contributed by atoms with E-state index < -0.39 is 11.9 Å². The van der Waals surface area contributed by atoms with Crippen LogP contribution in [0.15, 0.2) is 128 Å². The minimum Gasteiger partial charge on any atom is -0.478 e. The van der Waals surface area contributed by atoms with Crippen LogP contribution in [0.25, 0.3) is 17.8 Å². The van der Waals surface area contributed by atoms with E-state index in [9.17, 15) is 19.8 Å². The molecule has 5 aromatic rings. The highest BCUT2D eigenvalue weighted by atomic mass is 16.4. The molecule has 39 heavy (non-hydrogen) atoms. The van der Waals surface area contributed by atoms with Crippen molar-refractivity contribution in [1.82, 2.24) is 0 Å². The number of aromatic nitrogens is 1.